The predicted molar refractivity (Wildman–Crippen MR) is 89.9 cm³/mol. The lowest BCUT2D eigenvalue weighted by Crippen LogP contribution is -2.16. The van der Waals surface area contributed by atoms with E-state index in [2.05, 4.69) is 5.32 Å². The Kier molecular flexibility index (Phi) is 5.35. The Labute approximate surface area is 140 Å². The highest BCUT2D eigenvalue weighted by atomic mass is 32.2. The fourth-order valence-electron chi connectivity index (χ4n) is 2.03. The number of sulfone groups is 1. The second-order valence-corrected chi connectivity index (χ2v) is 7.03. The van der Waals surface area contributed by atoms with Crippen molar-refractivity contribution < 1.29 is 22.7 Å². The van der Waals surface area contributed by atoms with Crippen LogP contribution in [0.5, 0.6) is 0 Å². The van der Waals surface area contributed by atoms with Crippen LogP contribution in [-0.4, -0.2) is 33.2 Å². The van der Waals surface area contributed by atoms with Crippen LogP contribution >= 0.6 is 0 Å². The normalized spacial score (nSPS) is 10.9. The third-order valence-electron chi connectivity index (χ3n) is 3.22. The molecule has 2 rings (SSSR count). The average molecular weight is 347 g/mol. The van der Waals surface area contributed by atoms with Crippen molar-refractivity contribution in [3.05, 3.63) is 59.7 Å². The van der Waals surface area contributed by atoms with Gasteiger partial charge < -0.3 is 10.1 Å². The predicted octanol–water partition coefficient (Wildman–Crippen LogP) is 2.52. The minimum atomic E-state index is -3.32. The van der Waals surface area contributed by atoms with Gasteiger partial charge in [-0.05, 0) is 43.3 Å². The molecule has 0 radical (unpaired) electrons. The van der Waals surface area contributed by atoms with Gasteiger partial charge in [0.15, 0.2) is 9.84 Å². The van der Waals surface area contributed by atoms with Crippen molar-refractivity contribution in [1.29, 1.82) is 0 Å². The Bertz CT molecular complexity index is 857. The van der Waals surface area contributed by atoms with Crippen LogP contribution in [0.25, 0.3) is 0 Å². The first kappa shape index (κ1) is 17.7. The summed E-state index contributed by atoms with van der Waals surface area (Å²) < 4.78 is 27.8. The van der Waals surface area contributed by atoms with E-state index in [4.69, 9.17) is 4.74 Å². The van der Waals surface area contributed by atoms with Gasteiger partial charge >= 0.3 is 5.97 Å². The summed E-state index contributed by atoms with van der Waals surface area (Å²) in [6.07, 6.45) is 1.09. The topological polar surface area (TPSA) is 89.5 Å². The number of hydrogen-bond acceptors (Lipinski definition) is 5. The molecule has 126 valence electrons. The van der Waals surface area contributed by atoms with Crippen LogP contribution in [0.4, 0.5) is 5.69 Å². The van der Waals surface area contributed by atoms with Gasteiger partial charge in [-0.15, -0.1) is 0 Å². The van der Waals surface area contributed by atoms with E-state index in [0.717, 1.165) is 6.26 Å². The standard InChI is InChI=1S/C17H17NO5S/c1-3-23-17(20)14-6-4-5-7-15(14)18-16(19)12-8-10-13(11-9-12)24(2,21)22/h4-11H,3H2,1-2H3,(H,18,19). The summed E-state index contributed by atoms with van der Waals surface area (Å²) in [6, 6.07) is 12.1. The summed E-state index contributed by atoms with van der Waals surface area (Å²) in [4.78, 5) is 24.3. The Balaban J connectivity index is 2.23. The number of rotatable bonds is 5. The first-order chi connectivity index (χ1) is 11.3. The molecule has 0 aromatic heterocycles. The van der Waals surface area contributed by atoms with Crippen molar-refractivity contribution in [2.24, 2.45) is 0 Å². The molecule has 1 amide bonds. The Hall–Kier alpha value is -2.67. The lowest BCUT2D eigenvalue weighted by Gasteiger charge is -2.10. The fraction of sp³-hybridized carbons (Fsp3) is 0.176. The molecule has 0 aliphatic carbocycles. The van der Waals surface area contributed by atoms with E-state index in [0.29, 0.717) is 5.69 Å². The lowest BCUT2D eigenvalue weighted by atomic mass is 10.1. The van der Waals surface area contributed by atoms with Crippen molar-refractivity contribution in [2.45, 2.75) is 11.8 Å². The molecule has 2 aromatic rings. The molecule has 0 saturated heterocycles. The molecule has 0 heterocycles. The van der Waals surface area contributed by atoms with Gasteiger partial charge in [-0.2, -0.15) is 0 Å². The zero-order valence-corrected chi connectivity index (χ0v) is 14.1. The van der Waals surface area contributed by atoms with Crippen LogP contribution in [0.15, 0.2) is 53.4 Å². The van der Waals surface area contributed by atoms with Gasteiger partial charge in [0.1, 0.15) is 0 Å². The van der Waals surface area contributed by atoms with Crippen LogP contribution in [0, 0.1) is 0 Å². The SMILES string of the molecule is CCOC(=O)c1ccccc1NC(=O)c1ccc(S(C)(=O)=O)cc1. The summed E-state index contributed by atoms with van der Waals surface area (Å²) in [5.41, 5.74) is 0.856. The van der Waals surface area contributed by atoms with E-state index in [-0.39, 0.29) is 22.6 Å². The number of hydrogen-bond donors (Lipinski definition) is 1. The number of benzene rings is 2. The van der Waals surface area contributed by atoms with Gasteiger partial charge in [0.25, 0.3) is 5.91 Å². The van der Waals surface area contributed by atoms with Crippen LogP contribution < -0.4 is 5.32 Å². The quantitative estimate of drug-likeness (QED) is 0.840. The van der Waals surface area contributed by atoms with Crippen molar-refractivity contribution in [3.63, 3.8) is 0 Å². The molecule has 0 unspecified atom stereocenters. The number of esters is 1. The minimum Gasteiger partial charge on any atom is -0.462 e. The molecule has 2 aromatic carbocycles. The highest BCUT2D eigenvalue weighted by Crippen LogP contribution is 2.18. The number of anilines is 1. The Morgan fingerprint density at radius 1 is 1.04 bits per heavy atom. The molecule has 0 spiro atoms. The summed E-state index contributed by atoms with van der Waals surface area (Å²) in [6.45, 7) is 1.93. The number of nitrogens with one attached hydrogen (secondary N) is 1. The molecule has 0 saturated carbocycles. The van der Waals surface area contributed by atoms with Crippen LogP contribution in [-0.2, 0) is 14.6 Å². The third-order valence-corrected chi connectivity index (χ3v) is 4.34. The van der Waals surface area contributed by atoms with Gasteiger partial charge in [-0.25, -0.2) is 13.2 Å². The zero-order valence-electron chi connectivity index (χ0n) is 13.3. The van der Waals surface area contributed by atoms with Crippen LogP contribution in [0.3, 0.4) is 0 Å². The van der Waals surface area contributed by atoms with Gasteiger partial charge in [0, 0.05) is 11.8 Å². The molecule has 0 aliphatic heterocycles. The highest BCUT2D eigenvalue weighted by molar-refractivity contribution is 7.90. The summed E-state index contributed by atoms with van der Waals surface area (Å²) in [5, 5.41) is 2.64. The monoisotopic (exact) mass is 347 g/mol. The second kappa shape index (κ2) is 7.27. The van der Waals surface area contributed by atoms with Gasteiger partial charge in [0.05, 0.1) is 22.8 Å². The number of carbonyl (C=O) groups excluding carboxylic acids is 2. The number of ether oxygens (including phenoxy) is 1. The van der Waals surface area contributed by atoms with E-state index in [1.54, 1.807) is 31.2 Å². The van der Waals surface area contributed by atoms with E-state index < -0.39 is 21.7 Å². The highest BCUT2D eigenvalue weighted by Gasteiger charge is 2.15. The second-order valence-electron chi connectivity index (χ2n) is 5.02. The number of para-hydroxylation sites is 1. The summed E-state index contributed by atoms with van der Waals surface area (Å²) in [5.74, 6) is -0.979. The van der Waals surface area contributed by atoms with Gasteiger partial charge in [-0.1, -0.05) is 12.1 Å². The molecular weight excluding hydrogens is 330 g/mol. The summed E-state index contributed by atoms with van der Waals surface area (Å²) >= 11 is 0. The molecular formula is C17H17NO5S. The van der Waals surface area contributed by atoms with Crippen molar-refractivity contribution >= 4 is 27.4 Å². The van der Waals surface area contributed by atoms with Crippen molar-refractivity contribution in [1.82, 2.24) is 0 Å². The fourth-order valence-corrected chi connectivity index (χ4v) is 2.66. The molecule has 0 atom stereocenters. The Morgan fingerprint density at radius 2 is 1.67 bits per heavy atom. The first-order valence-corrected chi connectivity index (χ1v) is 9.09. The minimum absolute atomic E-state index is 0.131. The maximum absolute atomic E-state index is 12.3. The molecule has 0 aliphatic rings. The molecule has 0 fully saturated rings. The molecule has 0 bridgehead atoms. The molecule has 1 N–H and O–H groups in total. The van der Waals surface area contributed by atoms with Crippen molar-refractivity contribution in [3.8, 4) is 0 Å². The average Bonchev–Trinajstić information content (AvgIpc) is 2.55. The van der Waals surface area contributed by atoms with Crippen LogP contribution in [0.1, 0.15) is 27.6 Å². The largest absolute Gasteiger partial charge is 0.462 e. The van der Waals surface area contributed by atoms with Gasteiger partial charge in [-0.3, -0.25) is 4.79 Å². The molecule has 6 nitrogen and oxygen atoms in total. The maximum atomic E-state index is 12.3. The Morgan fingerprint density at radius 3 is 2.25 bits per heavy atom. The lowest BCUT2D eigenvalue weighted by molar-refractivity contribution is 0.0527. The number of carbonyl (C=O) groups is 2. The van der Waals surface area contributed by atoms with Crippen molar-refractivity contribution in [2.75, 3.05) is 18.2 Å². The molecule has 24 heavy (non-hydrogen) atoms. The van der Waals surface area contributed by atoms with E-state index in [1.807, 2.05) is 0 Å². The van der Waals surface area contributed by atoms with Crippen LogP contribution in [0.2, 0.25) is 0 Å². The van der Waals surface area contributed by atoms with E-state index in [9.17, 15) is 18.0 Å². The van der Waals surface area contributed by atoms with E-state index in [1.165, 1.54) is 24.3 Å². The molecule has 7 heteroatoms. The smallest absolute Gasteiger partial charge is 0.340 e. The number of amides is 1. The summed E-state index contributed by atoms with van der Waals surface area (Å²) in [7, 11) is -3.32. The first-order valence-electron chi connectivity index (χ1n) is 7.20. The maximum Gasteiger partial charge on any atom is 0.340 e. The third kappa shape index (κ3) is 4.20. The van der Waals surface area contributed by atoms with Gasteiger partial charge in [0.2, 0.25) is 0 Å². The zero-order chi connectivity index (χ0) is 17.7. The van der Waals surface area contributed by atoms with E-state index >= 15 is 0 Å².